The Morgan fingerprint density at radius 2 is 2.16 bits per heavy atom. The Kier molecular flexibility index (Phi) is 3.87. The zero-order valence-electron chi connectivity index (χ0n) is 10.6. The van der Waals surface area contributed by atoms with Crippen molar-refractivity contribution in [2.45, 2.75) is 12.3 Å². The van der Waals surface area contributed by atoms with E-state index in [4.69, 9.17) is 5.73 Å². The van der Waals surface area contributed by atoms with Crippen molar-refractivity contribution < 1.29 is 8.42 Å². The number of aryl methyl sites for hydroxylation is 1. The summed E-state index contributed by atoms with van der Waals surface area (Å²) in [5, 5.41) is 4.10. The maximum Gasteiger partial charge on any atom is 0.216 e. The van der Waals surface area contributed by atoms with Gasteiger partial charge in [-0.25, -0.2) is 13.1 Å². The van der Waals surface area contributed by atoms with Gasteiger partial charge in [0.25, 0.3) is 0 Å². The van der Waals surface area contributed by atoms with Gasteiger partial charge in [-0.15, -0.1) is 0 Å². The zero-order chi connectivity index (χ0) is 13.9. The van der Waals surface area contributed by atoms with Crippen molar-refractivity contribution in [1.29, 1.82) is 0 Å². The number of hydrogen-bond acceptors (Lipinski definition) is 4. The van der Waals surface area contributed by atoms with Gasteiger partial charge in [0, 0.05) is 18.9 Å². The number of anilines is 1. The van der Waals surface area contributed by atoms with E-state index >= 15 is 0 Å². The van der Waals surface area contributed by atoms with Crippen molar-refractivity contribution in [3.05, 3.63) is 47.8 Å². The number of nitrogens with zero attached hydrogens (tertiary/aromatic N) is 2. The second kappa shape index (κ2) is 5.41. The fraction of sp³-hybridized carbons (Fsp3) is 0.250. The molecule has 19 heavy (non-hydrogen) atoms. The topological polar surface area (TPSA) is 90.0 Å². The van der Waals surface area contributed by atoms with Gasteiger partial charge in [-0.1, -0.05) is 12.1 Å². The molecule has 0 radical (unpaired) electrons. The lowest BCUT2D eigenvalue weighted by Crippen LogP contribution is -2.25. The lowest BCUT2D eigenvalue weighted by atomic mass is 10.2. The van der Waals surface area contributed by atoms with E-state index < -0.39 is 10.0 Å². The van der Waals surface area contributed by atoms with Gasteiger partial charge in [-0.3, -0.25) is 4.68 Å². The molecular weight excluding hydrogens is 264 g/mol. The van der Waals surface area contributed by atoms with Crippen LogP contribution in [-0.4, -0.2) is 18.2 Å². The summed E-state index contributed by atoms with van der Waals surface area (Å²) >= 11 is 0. The summed E-state index contributed by atoms with van der Waals surface area (Å²) in [4.78, 5) is 0. The number of rotatable bonds is 5. The highest BCUT2D eigenvalue weighted by atomic mass is 32.2. The Balaban J connectivity index is 1.99. The van der Waals surface area contributed by atoms with Crippen LogP contribution < -0.4 is 10.5 Å². The number of hydrogen-bond donors (Lipinski definition) is 2. The van der Waals surface area contributed by atoms with E-state index in [1.165, 1.54) is 0 Å². The lowest BCUT2D eigenvalue weighted by Gasteiger charge is -2.06. The lowest BCUT2D eigenvalue weighted by molar-refractivity contribution is 0.578. The third kappa shape index (κ3) is 4.08. The van der Waals surface area contributed by atoms with Gasteiger partial charge in [0.15, 0.2) is 0 Å². The molecule has 0 atom stereocenters. The molecule has 0 aliphatic rings. The van der Waals surface area contributed by atoms with Gasteiger partial charge in [-0.2, -0.15) is 5.10 Å². The van der Waals surface area contributed by atoms with E-state index in [2.05, 4.69) is 9.82 Å². The average Bonchev–Trinajstić information content (AvgIpc) is 2.72. The van der Waals surface area contributed by atoms with Gasteiger partial charge >= 0.3 is 0 Å². The SMILES string of the molecule is Cn1ccc(CNS(=O)(=O)Cc2cccc(N)c2)n1. The molecule has 6 nitrogen and oxygen atoms in total. The highest BCUT2D eigenvalue weighted by molar-refractivity contribution is 7.88. The van der Waals surface area contributed by atoms with Crippen molar-refractivity contribution >= 4 is 15.7 Å². The van der Waals surface area contributed by atoms with Crippen LogP contribution in [0.15, 0.2) is 36.5 Å². The van der Waals surface area contributed by atoms with Gasteiger partial charge in [-0.05, 0) is 23.8 Å². The Morgan fingerprint density at radius 3 is 2.79 bits per heavy atom. The van der Waals surface area contributed by atoms with Crippen LogP contribution in [-0.2, 0) is 29.4 Å². The molecule has 0 aliphatic heterocycles. The monoisotopic (exact) mass is 280 g/mol. The highest BCUT2D eigenvalue weighted by Gasteiger charge is 2.12. The van der Waals surface area contributed by atoms with Crippen molar-refractivity contribution in [3.8, 4) is 0 Å². The number of nitrogens with one attached hydrogen (secondary N) is 1. The number of sulfonamides is 1. The zero-order valence-corrected chi connectivity index (χ0v) is 11.4. The van der Waals surface area contributed by atoms with Gasteiger partial charge in [0.1, 0.15) is 0 Å². The molecule has 0 unspecified atom stereocenters. The van der Waals surface area contributed by atoms with E-state index in [1.54, 1.807) is 48.3 Å². The number of nitrogen functional groups attached to an aromatic ring is 1. The Morgan fingerprint density at radius 1 is 1.37 bits per heavy atom. The molecule has 0 spiro atoms. The van der Waals surface area contributed by atoms with Crippen molar-refractivity contribution in [1.82, 2.24) is 14.5 Å². The summed E-state index contributed by atoms with van der Waals surface area (Å²) in [5.74, 6) is -0.0924. The molecule has 1 heterocycles. The van der Waals surface area contributed by atoms with Crippen LogP contribution in [0.3, 0.4) is 0 Å². The molecule has 7 heteroatoms. The minimum Gasteiger partial charge on any atom is -0.399 e. The normalized spacial score (nSPS) is 11.6. The molecule has 3 N–H and O–H groups in total. The van der Waals surface area contributed by atoms with Gasteiger partial charge in [0.05, 0.1) is 18.0 Å². The third-order valence-corrected chi connectivity index (χ3v) is 3.85. The highest BCUT2D eigenvalue weighted by Crippen LogP contribution is 2.10. The van der Waals surface area contributed by atoms with Crippen LogP contribution in [0.25, 0.3) is 0 Å². The average molecular weight is 280 g/mol. The summed E-state index contributed by atoms with van der Waals surface area (Å²) in [6.45, 7) is 0.186. The Labute approximate surface area is 112 Å². The smallest absolute Gasteiger partial charge is 0.216 e. The number of nitrogens with two attached hydrogens (primary N) is 1. The fourth-order valence-electron chi connectivity index (χ4n) is 1.69. The maximum atomic E-state index is 11.9. The maximum absolute atomic E-state index is 11.9. The first-order valence-electron chi connectivity index (χ1n) is 5.75. The van der Waals surface area contributed by atoms with Crippen molar-refractivity contribution in [2.75, 3.05) is 5.73 Å². The Bertz CT molecular complexity index is 664. The molecule has 0 amide bonds. The molecule has 1 aromatic carbocycles. The number of aromatic nitrogens is 2. The van der Waals surface area contributed by atoms with Crippen molar-refractivity contribution in [2.24, 2.45) is 7.05 Å². The summed E-state index contributed by atoms with van der Waals surface area (Å²) in [5.41, 5.74) is 7.51. The predicted octanol–water partition coefficient (Wildman–Crippen LogP) is 0.622. The molecule has 0 bridgehead atoms. The molecule has 0 aliphatic carbocycles. The second-order valence-corrected chi connectivity index (χ2v) is 6.11. The molecular formula is C12H16N4O2S. The minimum absolute atomic E-state index is 0.0924. The van der Waals surface area contributed by atoms with E-state index in [1.807, 2.05) is 0 Å². The first kappa shape index (κ1) is 13.6. The standard InChI is InChI=1S/C12H16N4O2S/c1-16-6-5-12(15-16)8-14-19(17,18)9-10-3-2-4-11(13)7-10/h2-7,14H,8-9,13H2,1H3. The number of benzene rings is 1. The van der Waals surface area contributed by atoms with Gasteiger partial charge in [0.2, 0.25) is 10.0 Å². The van der Waals surface area contributed by atoms with E-state index in [0.717, 1.165) is 0 Å². The molecule has 0 saturated carbocycles. The first-order valence-corrected chi connectivity index (χ1v) is 7.40. The summed E-state index contributed by atoms with van der Waals surface area (Å²) < 4.78 is 27.9. The molecule has 2 rings (SSSR count). The van der Waals surface area contributed by atoms with Crippen molar-refractivity contribution in [3.63, 3.8) is 0 Å². The third-order valence-electron chi connectivity index (χ3n) is 2.55. The van der Waals surface area contributed by atoms with Crippen LogP contribution in [0.5, 0.6) is 0 Å². The molecule has 2 aromatic rings. The van der Waals surface area contributed by atoms with Crippen LogP contribution in [0, 0.1) is 0 Å². The first-order chi connectivity index (χ1) is 8.94. The fourth-order valence-corrected chi connectivity index (χ4v) is 2.78. The molecule has 0 fully saturated rings. The Hall–Kier alpha value is -1.86. The summed E-state index contributed by atoms with van der Waals surface area (Å²) in [7, 11) is -1.61. The summed E-state index contributed by atoms with van der Waals surface area (Å²) in [6.07, 6.45) is 1.77. The predicted molar refractivity (Wildman–Crippen MR) is 73.5 cm³/mol. The van der Waals surface area contributed by atoms with E-state index in [9.17, 15) is 8.42 Å². The van der Waals surface area contributed by atoms with E-state index in [-0.39, 0.29) is 12.3 Å². The van der Waals surface area contributed by atoms with Crippen LogP contribution in [0.4, 0.5) is 5.69 Å². The summed E-state index contributed by atoms with van der Waals surface area (Å²) in [6, 6.07) is 8.61. The van der Waals surface area contributed by atoms with Gasteiger partial charge < -0.3 is 5.73 Å². The second-order valence-electron chi connectivity index (χ2n) is 4.31. The minimum atomic E-state index is -3.40. The van der Waals surface area contributed by atoms with E-state index in [0.29, 0.717) is 16.9 Å². The van der Waals surface area contributed by atoms with Crippen LogP contribution >= 0.6 is 0 Å². The van der Waals surface area contributed by atoms with Crippen LogP contribution in [0.2, 0.25) is 0 Å². The molecule has 102 valence electrons. The largest absolute Gasteiger partial charge is 0.399 e. The molecule has 0 saturated heterocycles. The molecule has 1 aromatic heterocycles. The van der Waals surface area contributed by atoms with Crippen LogP contribution in [0.1, 0.15) is 11.3 Å². The quantitative estimate of drug-likeness (QED) is 0.786.